The predicted octanol–water partition coefficient (Wildman–Crippen LogP) is 1.09. The summed E-state index contributed by atoms with van der Waals surface area (Å²) in [5.74, 6) is -1.01. The van der Waals surface area contributed by atoms with Crippen LogP contribution in [0.3, 0.4) is 0 Å². The van der Waals surface area contributed by atoms with Crippen molar-refractivity contribution in [2.45, 2.75) is 6.54 Å². The predicted molar refractivity (Wildman–Crippen MR) is 50.4 cm³/mol. The minimum atomic E-state index is -1.01. The summed E-state index contributed by atoms with van der Waals surface area (Å²) in [5.41, 5.74) is 1.80. The van der Waals surface area contributed by atoms with E-state index in [-0.39, 0.29) is 5.69 Å². The second-order valence-corrected chi connectivity index (χ2v) is 3.68. The lowest BCUT2D eigenvalue weighted by Gasteiger charge is -1.95. The number of aromatic nitrogens is 3. The Balaban J connectivity index is 2.14. The van der Waals surface area contributed by atoms with Gasteiger partial charge in [-0.1, -0.05) is 0 Å². The fourth-order valence-corrected chi connectivity index (χ4v) is 1.66. The smallest absolute Gasteiger partial charge is 0.356 e. The Bertz CT molecular complexity index is 435. The molecule has 0 unspecified atom stereocenters. The van der Waals surface area contributed by atoms with Crippen LogP contribution >= 0.6 is 11.3 Å². The monoisotopic (exact) mass is 209 g/mol. The van der Waals surface area contributed by atoms with Gasteiger partial charge in [-0.3, -0.25) is 4.98 Å². The van der Waals surface area contributed by atoms with E-state index in [1.165, 1.54) is 23.9 Å². The topological polar surface area (TPSA) is 68.0 Å². The molecule has 0 aromatic carbocycles. The van der Waals surface area contributed by atoms with Crippen molar-refractivity contribution in [2.75, 3.05) is 0 Å². The summed E-state index contributed by atoms with van der Waals surface area (Å²) in [7, 11) is 0. The fraction of sp³-hybridized carbons (Fsp3) is 0.125. The van der Waals surface area contributed by atoms with E-state index < -0.39 is 5.97 Å². The quantitative estimate of drug-likeness (QED) is 0.821. The minimum absolute atomic E-state index is 0.0644. The molecule has 14 heavy (non-hydrogen) atoms. The van der Waals surface area contributed by atoms with Gasteiger partial charge in [0.25, 0.3) is 0 Å². The number of carbonyl (C=O) groups is 1. The zero-order chi connectivity index (χ0) is 9.97. The van der Waals surface area contributed by atoms with E-state index in [0.29, 0.717) is 6.54 Å². The van der Waals surface area contributed by atoms with Gasteiger partial charge in [0.1, 0.15) is 0 Å². The van der Waals surface area contributed by atoms with Gasteiger partial charge in [0.15, 0.2) is 5.69 Å². The molecule has 0 radical (unpaired) electrons. The van der Waals surface area contributed by atoms with E-state index >= 15 is 0 Å². The molecule has 5 nitrogen and oxygen atoms in total. The van der Waals surface area contributed by atoms with Crippen LogP contribution in [-0.4, -0.2) is 25.6 Å². The molecule has 0 saturated heterocycles. The van der Waals surface area contributed by atoms with Gasteiger partial charge >= 0.3 is 5.97 Å². The number of imidazole rings is 1. The minimum Gasteiger partial charge on any atom is -0.476 e. The van der Waals surface area contributed by atoms with Crippen molar-refractivity contribution in [3.8, 4) is 0 Å². The zero-order valence-corrected chi connectivity index (χ0v) is 7.94. The molecule has 0 amide bonds. The Morgan fingerprint density at radius 3 is 3.07 bits per heavy atom. The van der Waals surface area contributed by atoms with Gasteiger partial charge < -0.3 is 9.67 Å². The molecule has 72 valence electrons. The number of nitrogens with zero attached hydrogens (tertiary/aromatic N) is 3. The van der Waals surface area contributed by atoms with Crippen LogP contribution in [0.4, 0.5) is 0 Å². The molecule has 0 bridgehead atoms. The summed E-state index contributed by atoms with van der Waals surface area (Å²) in [5, 5.41) is 8.64. The number of hydrogen-bond donors (Lipinski definition) is 1. The lowest BCUT2D eigenvalue weighted by atomic mass is 10.5. The Kier molecular flexibility index (Phi) is 2.28. The van der Waals surface area contributed by atoms with E-state index in [1.807, 2.05) is 0 Å². The Morgan fingerprint density at radius 1 is 1.64 bits per heavy atom. The molecule has 0 fully saturated rings. The lowest BCUT2D eigenvalue weighted by Crippen LogP contribution is -1.97. The van der Waals surface area contributed by atoms with Crippen molar-refractivity contribution >= 4 is 17.3 Å². The summed E-state index contributed by atoms with van der Waals surface area (Å²) in [6.45, 7) is 0.616. The molecule has 6 heteroatoms. The number of carboxylic acid groups (broad SMARTS) is 1. The van der Waals surface area contributed by atoms with Crippen LogP contribution in [0.5, 0.6) is 0 Å². The first kappa shape index (κ1) is 8.89. The zero-order valence-electron chi connectivity index (χ0n) is 7.12. The highest BCUT2D eigenvalue weighted by Crippen LogP contribution is 2.08. The van der Waals surface area contributed by atoms with Crippen LogP contribution in [0.25, 0.3) is 0 Å². The highest BCUT2D eigenvalue weighted by Gasteiger charge is 2.06. The summed E-state index contributed by atoms with van der Waals surface area (Å²) >= 11 is 1.53. The van der Waals surface area contributed by atoms with Crippen molar-refractivity contribution in [3.63, 3.8) is 0 Å². The molecular weight excluding hydrogens is 202 g/mol. The van der Waals surface area contributed by atoms with Gasteiger partial charge in [0.05, 0.1) is 18.4 Å². The van der Waals surface area contributed by atoms with Crippen LogP contribution in [0.2, 0.25) is 0 Å². The second kappa shape index (κ2) is 3.59. The normalized spacial score (nSPS) is 10.3. The lowest BCUT2D eigenvalue weighted by molar-refractivity contribution is 0.0691. The molecule has 0 atom stereocenters. The average Bonchev–Trinajstić information content (AvgIpc) is 2.75. The Hall–Kier alpha value is -1.69. The summed E-state index contributed by atoms with van der Waals surface area (Å²) < 4.78 is 1.72. The molecule has 0 aliphatic carbocycles. The molecule has 0 aliphatic heterocycles. The maximum absolute atomic E-state index is 10.5. The average molecular weight is 209 g/mol. The van der Waals surface area contributed by atoms with Gasteiger partial charge in [-0.15, -0.1) is 11.3 Å². The van der Waals surface area contributed by atoms with Gasteiger partial charge in [0, 0.05) is 17.3 Å². The number of thiazole rings is 1. The molecule has 0 aliphatic rings. The number of carboxylic acids is 1. The van der Waals surface area contributed by atoms with Crippen molar-refractivity contribution in [1.29, 1.82) is 0 Å². The molecule has 0 saturated carbocycles. The maximum Gasteiger partial charge on any atom is 0.356 e. The molecule has 2 rings (SSSR count). The SMILES string of the molecule is O=C(O)c1cn(Cc2cncs2)cn1. The first-order chi connectivity index (χ1) is 6.75. The largest absolute Gasteiger partial charge is 0.476 e. The second-order valence-electron chi connectivity index (χ2n) is 2.70. The van der Waals surface area contributed by atoms with E-state index in [2.05, 4.69) is 9.97 Å². The summed E-state index contributed by atoms with van der Waals surface area (Å²) in [6.07, 6.45) is 4.76. The van der Waals surface area contributed by atoms with Crippen LogP contribution in [0.1, 0.15) is 15.4 Å². The summed E-state index contributed by atoms with van der Waals surface area (Å²) in [6, 6.07) is 0. The summed E-state index contributed by atoms with van der Waals surface area (Å²) in [4.78, 5) is 19.3. The first-order valence-corrected chi connectivity index (χ1v) is 4.76. The fourth-order valence-electron chi connectivity index (χ4n) is 1.06. The van der Waals surface area contributed by atoms with Crippen LogP contribution < -0.4 is 0 Å². The third kappa shape index (κ3) is 1.80. The van der Waals surface area contributed by atoms with Crippen molar-refractivity contribution in [1.82, 2.24) is 14.5 Å². The third-order valence-electron chi connectivity index (χ3n) is 1.67. The van der Waals surface area contributed by atoms with Gasteiger partial charge in [0.2, 0.25) is 0 Å². The van der Waals surface area contributed by atoms with Gasteiger partial charge in [-0.2, -0.15) is 0 Å². The molecule has 0 spiro atoms. The first-order valence-electron chi connectivity index (χ1n) is 3.88. The van der Waals surface area contributed by atoms with E-state index in [9.17, 15) is 4.79 Å². The van der Waals surface area contributed by atoms with Crippen molar-refractivity contribution < 1.29 is 9.90 Å². The maximum atomic E-state index is 10.5. The number of hydrogen-bond acceptors (Lipinski definition) is 4. The van der Waals surface area contributed by atoms with E-state index in [1.54, 1.807) is 16.3 Å². The van der Waals surface area contributed by atoms with Crippen LogP contribution in [0.15, 0.2) is 24.2 Å². The van der Waals surface area contributed by atoms with Crippen LogP contribution in [0, 0.1) is 0 Å². The molecule has 2 aromatic heterocycles. The van der Waals surface area contributed by atoms with Gasteiger partial charge in [-0.25, -0.2) is 9.78 Å². The van der Waals surface area contributed by atoms with E-state index in [0.717, 1.165) is 4.88 Å². The molecule has 2 aromatic rings. The Morgan fingerprint density at radius 2 is 2.50 bits per heavy atom. The number of aromatic carboxylic acids is 1. The molecular formula is C8H7N3O2S. The molecule has 1 N–H and O–H groups in total. The Labute approximate surface area is 83.7 Å². The molecule has 2 heterocycles. The van der Waals surface area contributed by atoms with Gasteiger partial charge in [-0.05, 0) is 0 Å². The standard InChI is InChI=1S/C8H7N3O2S/c12-8(13)7-3-11(4-10-7)2-6-1-9-5-14-6/h1,3-5H,2H2,(H,12,13). The van der Waals surface area contributed by atoms with E-state index in [4.69, 9.17) is 5.11 Å². The highest BCUT2D eigenvalue weighted by molar-refractivity contribution is 7.09. The third-order valence-corrected chi connectivity index (χ3v) is 2.44. The number of rotatable bonds is 3. The van der Waals surface area contributed by atoms with Crippen LogP contribution in [-0.2, 0) is 6.54 Å². The van der Waals surface area contributed by atoms with Crippen molar-refractivity contribution in [3.05, 3.63) is 34.8 Å². The van der Waals surface area contributed by atoms with Crippen molar-refractivity contribution in [2.24, 2.45) is 0 Å². The highest BCUT2D eigenvalue weighted by atomic mass is 32.1.